The molecule has 1 rings (SSSR count). The van der Waals surface area contributed by atoms with Crippen LogP contribution in [0, 0.1) is 0 Å². The average Bonchev–Trinajstić information content (AvgIpc) is 3.30. The number of carbonyl (C=O) groups is 1. The molecule has 13 nitrogen and oxygen atoms in total. The van der Waals surface area contributed by atoms with Gasteiger partial charge in [0.2, 0.25) is 5.91 Å². The highest BCUT2D eigenvalue weighted by Crippen LogP contribution is 2.26. The van der Waals surface area contributed by atoms with Gasteiger partial charge >= 0.3 is 10.4 Å². The lowest BCUT2D eigenvalue weighted by Crippen LogP contribution is -2.61. The van der Waals surface area contributed by atoms with Gasteiger partial charge in [-0.2, -0.15) is 8.42 Å². The zero-order chi connectivity index (χ0) is 49.2. The number of nitrogens with one attached hydrogen (secondary N) is 1. The molecule has 0 aromatic carbocycles. The largest absolute Gasteiger partial charge is 0.397 e. The lowest BCUT2D eigenvalue weighted by atomic mass is 9.99. The van der Waals surface area contributed by atoms with E-state index in [0.717, 1.165) is 38.5 Å². The third-order valence-corrected chi connectivity index (χ3v) is 13.6. The fourth-order valence-corrected chi connectivity index (χ4v) is 9.28. The SMILES string of the molecule is CCCCCCCCCCCCCCCCC/C=C/CC/C=C/C(O)C(COC1OC(CO)C(O)C(OS(=O)(=O)O)C1O)NC(=O)C(O)CCCCCCCCCCCCCCCCCCC. The summed E-state index contributed by atoms with van der Waals surface area (Å²) in [6.45, 7) is 3.24. The Labute approximate surface area is 408 Å². The zero-order valence-electron chi connectivity index (χ0n) is 42.3. The summed E-state index contributed by atoms with van der Waals surface area (Å²) in [5.41, 5.74) is 0. The first kappa shape index (κ1) is 63.6. The van der Waals surface area contributed by atoms with Crippen LogP contribution in [-0.2, 0) is 28.9 Å². The van der Waals surface area contributed by atoms with Crippen LogP contribution in [0.2, 0.25) is 0 Å². The molecule has 67 heavy (non-hydrogen) atoms. The molecule has 0 bridgehead atoms. The molecule has 1 saturated heterocycles. The van der Waals surface area contributed by atoms with E-state index in [1.165, 1.54) is 179 Å². The highest BCUT2D eigenvalue weighted by atomic mass is 32.3. The molecule has 7 N–H and O–H groups in total. The molecular weight excluding hydrogens is 875 g/mol. The van der Waals surface area contributed by atoms with Crippen LogP contribution in [0.4, 0.5) is 0 Å². The quantitative estimate of drug-likeness (QED) is 0.0172. The van der Waals surface area contributed by atoms with E-state index in [1.54, 1.807) is 6.08 Å². The number of hydrogen-bond donors (Lipinski definition) is 7. The smallest absolute Gasteiger partial charge is 0.394 e. The van der Waals surface area contributed by atoms with Crippen molar-refractivity contribution in [1.29, 1.82) is 0 Å². The number of amides is 1. The Morgan fingerprint density at radius 3 is 1.43 bits per heavy atom. The van der Waals surface area contributed by atoms with Crippen LogP contribution >= 0.6 is 0 Å². The number of rotatable bonds is 47. The maximum absolute atomic E-state index is 13.2. The minimum atomic E-state index is -5.12. The number of aliphatic hydroxyl groups excluding tert-OH is 5. The summed E-state index contributed by atoms with van der Waals surface area (Å²) in [5.74, 6) is -0.708. The molecule has 0 aromatic heterocycles. The molecule has 1 heterocycles. The van der Waals surface area contributed by atoms with E-state index in [4.69, 9.17) is 9.47 Å². The van der Waals surface area contributed by atoms with Gasteiger partial charge in [0.05, 0.1) is 25.4 Å². The highest BCUT2D eigenvalue weighted by Gasteiger charge is 2.48. The van der Waals surface area contributed by atoms with Crippen molar-refractivity contribution < 1.29 is 57.0 Å². The van der Waals surface area contributed by atoms with E-state index in [9.17, 15) is 43.3 Å². The van der Waals surface area contributed by atoms with Crippen molar-refractivity contribution in [1.82, 2.24) is 5.32 Å². The summed E-state index contributed by atoms with van der Waals surface area (Å²) in [7, 11) is -5.12. The topological polar surface area (TPSA) is 212 Å². The number of hydrogen-bond acceptors (Lipinski definition) is 11. The van der Waals surface area contributed by atoms with E-state index in [0.29, 0.717) is 12.8 Å². The molecule has 8 unspecified atom stereocenters. The maximum Gasteiger partial charge on any atom is 0.397 e. The second-order valence-corrected chi connectivity index (χ2v) is 20.4. The van der Waals surface area contributed by atoms with Crippen LogP contribution in [0.25, 0.3) is 0 Å². The lowest BCUT2D eigenvalue weighted by molar-refractivity contribution is -0.298. The summed E-state index contributed by atoms with van der Waals surface area (Å²) < 4.78 is 47.7. The van der Waals surface area contributed by atoms with Crippen LogP contribution in [-0.4, -0.2) is 107 Å². The minimum Gasteiger partial charge on any atom is -0.394 e. The van der Waals surface area contributed by atoms with Crippen molar-refractivity contribution in [2.45, 2.75) is 294 Å². The van der Waals surface area contributed by atoms with Crippen LogP contribution in [0.3, 0.4) is 0 Å². The molecule has 0 aliphatic carbocycles. The first-order chi connectivity index (χ1) is 32.4. The molecule has 0 spiro atoms. The van der Waals surface area contributed by atoms with Crippen LogP contribution in [0.5, 0.6) is 0 Å². The third kappa shape index (κ3) is 35.3. The second-order valence-electron chi connectivity index (χ2n) is 19.3. The van der Waals surface area contributed by atoms with E-state index in [-0.39, 0.29) is 6.42 Å². The van der Waals surface area contributed by atoms with Crippen molar-refractivity contribution in [3.8, 4) is 0 Å². The predicted molar refractivity (Wildman–Crippen MR) is 270 cm³/mol. The van der Waals surface area contributed by atoms with Gasteiger partial charge in [-0.1, -0.05) is 237 Å². The Bertz CT molecular complexity index is 1300. The molecule has 14 heteroatoms. The Hall–Kier alpha value is -1.46. The number of ether oxygens (including phenoxy) is 2. The van der Waals surface area contributed by atoms with Crippen molar-refractivity contribution >= 4 is 16.3 Å². The molecule has 396 valence electrons. The summed E-state index contributed by atoms with van der Waals surface area (Å²) in [6, 6.07) is -1.13. The first-order valence-corrected chi connectivity index (χ1v) is 28.7. The Morgan fingerprint density at radius 1 is 0.597 bits per heavy atom. The van der Waals surface area contributed by atoms with Gasteiger partial charge in [0.25, 0.3) is 0 Å². The minimum absolute atomic E-state index is 0.241. The lowest BCUT2D eigenvalue weighted by Gasteiger charge is -2.41. The predicted octanol–water partition coefficient (Wildman–Crippen LogP) is 11.0. The fraction of sp³-hybridized carbons (Fsp3) is 0.906. The standard InChI is InChI=1S/C53H101NO12S/c1-3-5-7-9-11-13-15-17-19-21-22-23-24-26-27-29-31-33-35-37-39-41-46(56)45(44-64-53-50(59)51(66-67(61,62)63)49(58)48(43-55)65-53)54-52(60)47(57)42-40-38-36-34-32-30-28-25-20-18-16-14-12-10-8-6-4-2/h31,33,39,41,45-51,53,55-59H,3-30,32,34-38,40,42-44H2,1-2H3,(H,54,60)(H,61,62,63)/b33-31+,41-39+. The van der Waals surface area contributed by atoms with E-state index in [1.807, 2.05) is 0 Å². The molecular formula is C53H101NO12S. The average molecular weight is 976 g/mol. The summed E-state index contributed by atoms with van der Waals surface area (Å²) >= 11 is 0. The van der Waals surface area contributed by atoms with E-state index >= 15 is 0 Å². The summed E-state index contributed by atoms with van der Waals surface area (Å²) in [6.07, 6.45) is 39.7. The van der Waals surface area contributed by atoms with Gasteiger partial charge in [0.1, 0.15) is 30.5 Å². The molecule has 1 fully saturated rings. The van der Waals surface area contributed by atoms with Crippen molar-refractivity contribution in [3.63, 3.8) is 0 Å². The van der Waals surface area contributed by atoms with Gasteiger partial charge < -0.3 is 40.3 Å². The second kappa shape index (κ2) is 43.3. The summed E-state index contributed by atoms with van der Waals surface area (Å²) in [5, 5.41) is 55.4. The molecule has 1 amide bonds. The van der Waals surface area contributed by atoms with Crippen LogP contribution < -0.4 is 5.32 Å². The summed E-state index contributed by atoms with van der Waals surface area (Å²) in [4.78, 5) is 13.2. The fourth-order valence-electron chi connectivity index (χ4n) is 8.77. The zero-order valence-corrected chi connectivity index (χ0v) is 43.2. The first-order valence-electron chi connectivity index (χ1n) is 27.3. The normalized spacial score (nSPS) is 20.5. The Morgan fingerprint density at radius 2 is 1.00 bits per heavy atom. The maximum atomic E-state index is 13.2. The Kier molecular flexibility index (Phi) is 41.1. The van der Waals surface area contributed by atoms with E-state index < -0.39 is 78.5 Å². The highest BCUT2D eigenvalue weighted by molar-refractivity contribution is 7.80. The van der Waals surface area contributed by atoms with Gasteiger partial charge in [-0.15, -0.1) is 0 Å². The molecule has 0 aromatic rings. The number of unbranched alkanes of at least 4 members (excludes halogenated alkanes) is 32. The van der Waals surface area contributed by atoms with Crippen molar-refractivity contribution in [2.75, 3.05) is 13.2 Å². The van der Waals surface area contributed by atoms with Gasteiger partial charge in [-0.05, 0) is 32.1 Å². The molecule has 1 aliphatic heterocycles. The molecule has 8 atom stereocenters. The monoisotopic (exact) mass is 976 g/mol. The van der Waals surface area contributed by atoms with Crippen LogP contribution in [0.15, 0.2) is 24.3 Å². The third-order valence-electron chi connectivity index (χ3n) is 13.1. The van der Waals surface area contributed by atoms with Crippen LogP contribution in [0.1, 0.15) is 245 Å². The van der Waals surface area contributed by atoms with Gasteiger partial charge in [0, 0.05) is 0 Å². The number of aliphatic hydroxyl groups is 5. The van der Waals surface area contributed by atoms with Gasteiger partial charge in [0.15, 0.2) is 6.29 Å². The van der Waals surface area contributed by atoms with E-state index in [2.05, 4.69) is 35.5 Å². The van der Waals surface area contributed by atoms with Crippen molar-refractivity contribution in [2.24, 2.45) is 0 Å². The molecule has 0 radical (unpaired) electrons. The molecule has 1 aliphatic rings. The number of allylic oxidation sites excluding steroid dienone is 3. The van der Waals surface area contributed by atoms with Crippen molar-refractivity contribution in [3.05, 3.63) is 24.3 Å². The van der Waals surface area contributed by atoms with Gasteiger partial charge in [-0.25, -0.2) is 4.18 Å². The van der Waals surface area contributed by atoms with Gasteiger partial charge in [-0.3, -0.25) is 9.35 Å². The number of carbonyl (C=O) groups excluding carboxylic acids is 1. The molecule has 0 saturated carbocycles. The Balaban J connectivity index is 2.50.